The number of hydrogen-bond donors (Lipinski definition) is 1. The number of rotatable bonds is 6. The van der Waals surface area contributed by atoms with E-state index in [4.69, 9.17) is 0 Å². The van der Waals surface area contributed by atoms with Crippen LogP contribution < -0.4 is 11.2 Å². The number of amides is 1. The maximum absolute atomic E-state index is 13.0. The third-order valence-electron chi connectivity index (χ3n) is 4.78. The number of nitrogens with zero attached hydrogens (tertiary/aromatic N) is 2. The van der Waals surface area contributed by atoms with Gasteiger partial charge in [-0.05, 0) is 38.3 Å². The Hall–Kier alpha value is -2.67. The summed E-state index contributed by atoms with van der Waals surface area (Å²) in [5.74, 6) is -0.102. The molecule has 0 fully saturated rings. The van der Waals surface area contributed by atoms with E-state index in [1.165, 1.54) is 15.9 Å². The summed E-state index contributed by atoms with van der Waals surface area (Å²) in [4.78, 5) is 43.6. The number of carbonyl (C=O) groups excluding carboxylic acids is 1. The fourth-order valence-corrected chi connectivity index (χ4v) is 4.35. The third kappa shape index (κ3) is 3.60. The van der Waals surface area contributed by atoms with Crippen molar-refractivity contribution in [3.63, 3.8) is 0 Å². The maximum Gasteiger partial charge on any atom is 0.329 e. The van der Waals surface area contributed by atoms with Gasteiger partial charge in [-0.1, -0.05) is 30.3 Å². The van der Waals surface area contributed by atoms with Crippen LogP contribution in [0.1, 0.15) is 34.6 Å². The average Bonchev–Trinajstić information content (AvgIpc) is 2.99. The van der Waals surface area contributed by atoms with Crippen LogP contribution in [0.3, 0.4) is 0 Å². The molecule has 3 aromatic rings. The molecule has 142 valence electrons. The van der Waals surface area contributed by atoms with E-state index in [0.29, 0.717) is 46.7 Å². The highest BCUT2D eigenvalue weighted by Gasteiger charge is 2.22. The van der Waals surface area contributed by atoms with Crippen LogP contribution in [0.4, 0.5) is 0 Å². The van der Waals surface area contributed by atoms with Crippen molar-refractivity contribution in [1.82, 2.24) is 14.5 Å². The van der Waals surface area contributed by atoms with E-state index in [2.05, 4.69) is 4.98 Å². The standard InChI is InChI=1S/C20H23N3O3S/c1-4-22(5-2)19(25)16-13(3)15-17(27-16)21-20(26)23(18(15)24)12-11-14-9-7-6-8-10-14/h6-10H,4-5,11-12H2,1-3H3,(H,21,26). The van der Waals surface area contributed by atoms with Crippen molar-refractivity contribution in [2.45, 2.75) is 33.7 Å². The number of carbonyl (C=O) groups is 1. The molecule has 0 aliphatic heterocycles. The second kappa shape index (κ2) is 7.92. The molecular formula is C20H23N3O3S. The molecule has 27 heavy (non-hydrogen) atoms. The van der Waals surface area contributed by atoms with Gasteiger partial charge >= 0.3 is 5.69 Å². The van der Waals surface area contributed by atoms with Crippen LogP contribution >= 0.6 is 11.3 Å². The number of aromatic nitrogens is 2. The molecule has 0 aliphatic rings. The van der Waals surface area contributed by atoms with Gasteiger partial charge in [0.2, 0.25) is 0 Å². The van der Waals surface area contributed by atoms with Crippen LogP contribution in [-0.4, -0.2) is 33.4 Å². The highest BCUT2D eigenvalue weighted by atomic mass is 32.1. The van der Waals surface area contributed by atoms with E-state index in [1.807, 2.05) is 44.2 Å². The topological polar surface area (TPSA) is 75.2 Å². The minimum atomic E-state index is -0.438. The normalized spacial score (nSPS) is 11.1. The Balaban J connectivity index is 2.03. The summed E-state index contributed by atoms with van der Waals surface area (Å²) in [6.07, 6.45) is 0.587. The summed E-state index contributed by atoms with van der Waals surface area (Å²) in [7, 11) is 0. The first-order valence-corrected chi connectivity index (χ1v) is 9.89. The van der Waals surface area contributed by atoms with Crippen LogP contribution in [-0.2, 0) is 13.0 Å². The zero-order valence-electron chi connectivity index (χ0n) is 15.7. The predicted octanol–water partition coefficient (Wildman–Crippen LogP) is 2.78. The maximum atomic E-state index is 13.0. The van der Waals surface area contributed by atoms with E-state index >= 15 is 0 Å². The minimum absolute atomic E-state index is 0.102. The number of benzene rings is 1. The molecule has 1 amide bonds. The minimum Gasteiger partial charge on any atom is -0.338 e. The molecular weight excluding hydrogens is 362 g/mol. The second-order valence-electron chi connectivity index (χ2n) is 6.36. The number of nitrogens with one attached hydrogen (secondary N) is 1. The van der Waals surface area contributed by atoms with E-state index in [1.54, 1.807) is 11.8 Å². The quantitative estimate of drug-likeness (QED) is 0.709. The van der Waals surface area contributed by atoms with E-state index in [0.717, 1.165) is 5.56 Å². The van der Waals surface area contributed by atoms with Gasteiger partial charge in [-0.15, -0.1) is 11.3 Å². The number of H-pyrrole nitrogens is 1. The van der Waals surface area contributed by atoms with Crippen molar-refractivity contribution < 1.29 is 4.79 Å². The fraction of sp³-hybridized carbons (Fsp3) is 0.350. The second-order valence-corrected chi connectivity index (χ2v) is 7.38. The lowest BCUT2D eigenvalue weighted by molar-refractivity contribution is 0.0777. The Morgan fingerprint density at radius 2 is 1.81 bits per heavy atom. The average molecular weight is 385 g/mol. The van der Waals surface area contributed by atoms with E-state index in [-0.39, 0.29) is 11.5 Å². The van der Waals surface area contributed by atoms with Crippen LogP contribution in [0, 0.1) is 6.92 Å². The zero-order chi connectivity index (χ0) is 19.6. The van der Waals surface area contributed by atoms with E-state index < -0.39 is 5.69 Å². The fourth-order valence-electron chi connectivity index (χ4n) is 3.20. The molecule has 6 nitrogen and oxygen atoms in total. The van der Waals surface area contributed by atoms with Gasteiger partial charge in [0.25, 0.3) is 11.5 Å². The summed E-state index contributed by atoms with van der Waals surface area (Å²) in [5, 5.41) is 0.433. The summed E-state index contributed by atoms with van der Waals surface area (Å²) in [6.45, 7) is 7.10. The van der Waals surface area contributed by atoms with Crippen molar-refractivity contribution in [1.29, 1.82) is 0 Å². The Morgan fingerprint density at radius 1 is 1.15 bits per heavy atom. The molecule has 0 bridgehead atoms. The molecule has 2 aromatic heterocycles. The number of fused-ring (bicyclic) bond motifs is 1. The van der Waals surface area contributed by atoms with Crippen LogP contribution in [0.2, 0.25) is 0 Å². The molecule has 1 aromatic carbocycles. The lowest BCUT2D eigenvalue weighted by Gasteiger charge is -2.17. The molecule has 0 spiro atoms. The Morgan fingerprint density at radius 3 is 2.44 bits per heavy atom. The van der Waals surface area contributed by atoms with Gasteiger partial charge in [0.15, 0.2) is 0 Å². The van der Waals surface area contributed by atoms with E-state index in [9.17, 15) is 14.4 Å². The molecule has 0 aliphatic carbocycles. The summed E-state index contributed by atoms with van der Waals surface area (Å²) in [5.41, 5.74) is 0.925. The highest BCUT2D eigenvalue weighted by molar-refractivity contribution is 7.20. The van der Waals surface area contributed by atoms with Gasteiger partial charge < -0.3 is 4.90 Å². The molecule has 0 radical (unpaired) electrons. The number of hydrogen-bond acceptors (Lipinski definition) is 4. The molecule has 7 heteroatoms. The van der Waals surface area contributed by atoms with Gasteiger partial charge in [0.05, 0.1) is 10.3 Å². The first kappa shape index (κ1) is 19.1. The van der Waals surface area contributed by atoms with Crippen molar-refractivity contribution in [2.75, 3.05) is 13.1 Å². The number of thiophene rings is 1. The lowest BCUT2D eigenvalue weighted by Crippen LogP contribution is -2.35. The lowest BCUT2D eigenvalue weighted by atomic mass is 10.1. The summed E-state index contributed by atoms with van der Waals surface area (Å²) in [6, 6.07) is 9.72. The van der Waals surface area contributed by atoms with Crippen LogP contribution in [0.15, 0.2) is 39.9 Å². The Kier molecular flexibility index (Phi) is 5.60. The molecule has 0 atom stereocenters. The van der Waals surface area contributed by atoms with Gasteiger partial charge in [0, 0.05) is 19.6 Å². The molecule has 1 N–H and O–H groups in total. The molecule has 0 saturated heterocycles. The third-order valence-corrected chi connectivity index (χ3v) is 5.98. The predicted molar refractivity (Wildman–Crippen MR) is 109 cm³/mol. The smallest absolute Gasteiger partial charge is 0.329 e. The van der Waals surface area contributed by atoms with Gasteiger partial charge in [-0.2, -0.15) is 0 Å². The van der Waals surface area contributed by atoms with Gasteiger partial charge in [-0.25, -0.2) is 4.79 Å². The summed E-state index contributed by atoms with van der Waals surface area (Å²) < 4.78 is 1.22. The molecule has 3 rings (SSSR count). The first-order chi connectivity index (χ1) is 13.0. The highest BCUT2D eigenvalue weighted by Crippen LogP contribution is 2.27. The largest absolute Gasteiger partial charge is 0.338 e. The molecule has 2 heterocycles. The summed E-state index contributed by atoms with van der Waals surface area (Å²) >= 11 is 1.18. The van der Waals surface area contributed by atoms with Gasteiger partial charge in [0.1, 0.15) is 4.83 Å². The molecule has 0 unspecified atom stereocenters. The van der Waals surface area contributed by atoms with Crippen molar-refractivity contribution in [3.05, 3.63) is 67.2 Å². The molecule has 0 saturated carbocycles. The Labute approximate surface area is 161 Å². The van der Waals surface area contributed by atoms with Crippen molar-refractivity contribution >= 4 is 27.5 Å². The number of aromatic amines is 1. The SMILES string of the molecule is CCN(CC)C(=O)c1sc2[nH]c(=O)n(CCc3ccccc3)c(=O)c2c1C. The first-order valence-electron chi connectivity index (χ1n) is 9.07. The zero-order valence-corrected chi connectivity index (χ0v) is 16.6. The monoisotopic (exact) mass is 385 g/mol. The number of aryl methyl sites for hydroxylation is 2. The Bertz CT molecular complexity index is 1080. The van der Waals surface area contributed by atoms with Crippen LogP contribution in [0.25, 0.3) is 10.2 Å². The van der Waals surface area contributed by atoms with Crippen molar-refractivity contribution in [2.24, 2.45) is 0 Å². The van der Waals surface area contributed by atoms with Crippen LogP contribution in [0.5, 0.6) is 0 Å². The van der Waals surface area contributed by atoms with Gasteiger partial charge in [-0.3, -0.25) is 19.1 Å². The van der Waals surface area contributed by atoms with Crippen molar-refractivity contribution in [3.8, 4) is 0 Å².